The lowest BCUT2D eigenvalue weighted by Crippen LogP contribution is -2.01. The van der Waals surface area contributed by atoms with Gasteiger partial charge in [0.15, 0.2) is 0 Å². The molecule has 0 radical (unpaired) electrons. The van der Waals surface area contributed by atoms with Crippen molar-refractivity contribution >= 4 is 0 Å². The molecule has 92 valence electrons. The zero-order valence-corrected chi connectivity index (χ0v) is 9.86. The van der Waals surface area contributed by atoms with Crippen LogP contribution in [0.25, 0.3) is 0 Å². The number of rotatable bonds is 4. The number of ether oxygens (including phenoxy) is 1. The molecule has 1 aliphatic carbocycles. The highest BCUT2D eigenvalue weighted by molar-refractivity contribution is 5.32. The first-order valence-corrected chi connectivity index (χ1v) is 6.02. The fourth-order valence-corrected chi connectivity index (χ4v) is 1.75. The Hall–Kier alpha value is -1.94. The number of benzene rings is 1. The van der Waals surface area contributed by atoms with Crippen LogP contribution >= 0.6 is 0 Å². The van der Waals surface area contributed by atoms with Crippen molar-refractivity contribution in [1.82, 2.24) is 9.97 Å². The van der Waals surface area contributed by atoms with Crippen LogP contribution in [0.4, 0.5) is 0 Å². The van der Waals surface area contributed by atoms with Gasteiger partial charge in [-0.25, -0.2) is 9.97 Å². The molecule has 1 aromatic carbocycles. The highest BCUT2D eigenvalue weighted by Crippen LogP contribution is 2.28. The standard InChI is InChI=1S/C14H14N2O2/c17-14(11-7-15-9-16-8-11)10-1-3-12(4-2-10)18-13-5-6-13/h1-4,7-9,13-14,17H,5-6H2. The van der Waals surface area contributed by atoms with E-state index in [1.165, 1.54) is 6.33 Å². The van der Waals surface area contributed by atoms with Crippen LogP contribution in [-0.4, -0.2) is 21.2 Å². The topological polar surface area (TPSA) is 55.2 Å². The molecule has 1 N–H and O–H groups in total. The van der Waals surface area contributed by atoms with Gasteiger partial charge in [-0.15, -0.1) is 0 Å². The Morgan fingerprint density at radius 1 is 1.06 bits per heavy atom. The lowest BCUT2D eigenvalue weighted by atomic mass is 10.0. The summed E-state index contributed by atoms with van der Waals surface area (Å²) < 4.78 is 5.66. The molecular weight excluding hydrogens is 228 g/mol. The molecule has 1 saturated carbocycles. The molecule has 4 nitrogen and oxygen atoms in total. The molecule has 2 aromatic rings. The van der Waals surface area contributed by atoms with Crippen LogP contribution in [0.5, 0.6) is 5.75 Å². The van der Waals surface area contributed by atoms with Crippen LogP contribution < -0.4 is 4.74 Å². The summed E-state index contributed by atoms with van der Waals surface area (Å²) in [6, 6.07) is 7.52. The van der Waals surface area contributed by atoms with Gasteiger partial charge in [-0.05, 0) is 30.5 Å². The van der Waals surface area contributed by atoms with E-state index in [-0.39, 0.29) is 0 Å². The number of hydrogen-bond donors (Lipinski definition) is 1. The smallest absolute Gasteiger partial charge is 0.119 e. The maximum atomic E-state index is 10.2. The average Bonchev–Trinajstić information content (AvgIpc) is 3.24. The fourth-order valence-electron chi connectivity index (χ4n) is 1.75. The zero-order valence-electron chi connectivity index (χ0n) is 9.86. The van der Waals surface area contributed by atoms with Gasteiger partial charge in [0.25, 0.3) is 0 Å². The van der Waals surface area contributed by atoms with Crippen LogP contribution in [0.2, 0.25) is 0 Å². The minimum atomic E-state index is -0.693. The maximum absolute atomic E-state index is 10.2. The molecule has 0 bridgehead atoms. The number of nitrogens with zero attached hydrogens (tertiary/aromatic N) is 2. The first-order valence-electron chi connectivity index (χ1n) is 6.02. The Morgan fingerprint density at radius 2 is 1.72 bits per heavy atom. The van der Waals surface area contributed by atoms with Gasteiger partial charge in [-0.3, -0.25) is 0 Å². The summed E-state index contributed by atoms with van der Waals surface area (Å²) in [4.78, 5) is 7.80. The Bertz CT molecular complexity index is 509. The van der Waals surface area contributed by atoms with Crippen LogP contribution in [0.15, 0.2) is 43.0 Å². The molecule has 0 aliphatic heterocycles. The quantitative estimate of drug-likeness (QED) is 0.892. The molecule has 1 aromatic heterocycles. The summed E-state index contributed by atoms with van der Waals surface area (Å²) in [7, 11) is 0. The van der Waals surface area contributed by atoms with Crippen molar-refractivity contribution in [3.05, 3.63) is 54.1 Å². The maximum Gasteiger partial charge on any atom is 0.119 e. The predicted molar refractivity (Wildman–Crippen MR) is 66.2 cm³/mol. The van der Waals surface area contributed by atoms with Crippen molar-refractivity contribution in [2.45, 2.75) is 25.0 Å². The van der Waals surface area contributed by atoms with Gasteiger partial charge >= 0.3 is 0 Å². The monoisotopic (exact) mass is 242 g/mol. The molecule has 1 atom stereocenters. The summed E-state index contributed by atoms with van der Waals surface area (Å²) in [6.45, 7) is 0. The van der Waals surface area contributed by atoms with Crippen LogP contribution in [-0.2, 0) is 0 Å². The van der Waals surface area contributed by atoms with Gasteiger partial charge in [0.1, 0.15) is 18.2 Å². The molecule has 18 heavy (non-hydrogen) atoms. The van der Waals surface area contributed by atoms with Gasteiger partial charge in [0, 0.05) is 18.0 Å². The van der Waals surface area contributed by atoms with Crippen molar-refractivity contribution in [2.24, 2.45) is 0 Å². The third-order valence-corrected chi connectivity index (χ3v) is 2.92. The normalized spacial score (nSPS) is 16.3. The molecular formula is C14H14N2O2. The number of aromatic nitrogens is 2. The van der Waals surface area contributed by atoms with Crippen molar-refractivity contribution in [1.29, 1.82) is 0 Å². The Kier molecular flexibility index (Phi) is 2.94. The third kappa shape index (κ3) is 2.49. The van der Waals surface area contributed by atoms with E-state index >= 15 is 0 Å². The minimum Gasteiger partial charge on any atom is -0.490 e. The highest BCUT2D eigenvalue weighted by Gasteiger charge is 2.23. The van der Waals surface area contributed by atoms with Crippen molar-refractivity contribution in [3.8, 4) is 5.75 Å². The number of aliphatic hydroxyl groups is 1. The number of aliphatic hydroxyl groups excluding tert-OH is 1. The fraction of sp³-hybridized carbons (Fsp3) is 0.286. The van der Waals surface area contributed by atoms with Gasteiger partial charge < -0.3 is 9.84 Å². The van der Waals surface area contributed by atoms with E-state index < -0.39 is 6.10 Å². The molecule has 1 aliphatic rings. The summed E-state index contributed by atoms with van der Waals surface area (Å²) >= 11 is 0. The summed E-state index contributed by atoms with van der Waals surface area (Å²) in [5.41, 5.74) is 1.50. The van der Waals surface area contributed by atoms with E-state index in [1.807, 2.05) is 24.3 Å². The van der Waals surface area contributed by atoms with Gasteiger partial charge in [-0.2, -0.15) is 0 Å². The van der Waals surface area contributed by atoms with Crippen LogP contribution in [0.3, 0.4) is 0 Å². The van der Waals surface area contributed by atoms with Crippen molar-refractivity contribution in [2.75, 3.05) is 0 Å². The third-order valence-electron chi connectivity index (χ3n) is 2.92. The van der Waals surface area contributed by atoms with E-state index in [4.69, 9.17) is 4.74 Å². The lowest BCUT2D eigenvalue weighted by molar-refractivity contribution is 0.219. The predicted octanol–water partition coefficient (Wildman–Crippen LogP) is 2.10. The average molecular weight is 242 g/mol. The Labute approximate surface area is 105 Å². The second-order valence-electron chi connectivity index (χ2n) is 4.46. The molecule has 1 unspecified atom stereocenters. The Morgan fingerprint density at radius 3 is 2.33 bits per heavy atom. The molecule has 1 heterocycles. The van der Waals surface area contributed by atoms with Gasteiger partial charge in [-0.1, -0.05) is 12.1 Å². The number of hydrogen-bond acceptors (Lipinski definition) is 4. The largest absolute Gasteiger partial charge is 0.490 e. The second-order valence-corrected chi connectivity index (χ2v) is 4.46. The van der Waals surface area contributed by atoms with E-state index in [0.717, 1.165) is 24.2 Å². The lowest BCUT2D eigenvalue weighted by Gasteiger charge is -2.11. The van der Waals surface area contributed by atoms with Crippen LogP contribution in [0, 0.1) is 0 Å². The second kappa shape index (κ2) is 4.74. The first kappa shape index (κ1) is 11.2. The molecule has 3 rings (SSSR count). The molecule has 4 heteroatoms. The van der Waals surface area contributed by atoms with E-state index in [0.29, 0.717) is 11.7 Å². The SMILES string of the molecule is OC(c1ccc(OC2CC2)cc1)c1cncnc1. The minimum absolute atomic E-state index is 0.392. The van der Waals surface area contributed by atoms with E-state index in [2.05, 4.69) is 9.97 Å². The van der Waals surface area contributed by atoms with Crippen molar-refractivity contribution in [3.63, 3.8) is 0 Å². The highest BCUT2D eigenvalue weighted by atomic mass is 16.5. The van der Waals surface area contributed by atoms with Crippen LogP contribution in [0.1, 0.15) is 30.1 Å². The van der Waals surface area contributed by atoms with Gasteiger partial charge in [0.2, 0.25) is 0 Å². The zero-order chi connectivity index (χ0) is 12.4. The van der Waals surface area contributed by atoms with Gasteiger partial charge in [0.05, 0.1) is 6.10 Å². The molecule has 0 spiro atoms. The summed E-state index contributed by atoms with van der Waals surface area (Å²) in [6.07, 6.45) is 6.67. The van der Waals surface area contributed by atoms with E-state index in [9.17, 15) is 5.11 Å². The van der Waals surface area contributed by atoms with Crippen molar-refractivity contribution < 1.29 is 9.84 Å². The summed E-state index contributed by atoms with van der Waals surface area (Å²) in [5, 5.41) is 10.2. The molecule has 1 fully saturated rings. The Balaban J connectivity index is 1.75. The molecule has 0 amide bonds. The van der Waals surface area contributed by atoms with E-state index in [1.54, 1.807) is 12.4 Å². The first-order chi connectivity index (χ1) is 8.83. The summed E-state index contributed by atoms with van der Waals surface area (Å²) in [5.74, 6) is 0.859. The molecule has 0 saturated heterocycles.